The number of hydrogen-bond donors (Lipinski definition) is 2. The van der Waals surface area contributed by atoms with Crippen LogP contribution in [0.25, 0.3) is 0 Å². The summed E-state index contributed by atoms with van der Waals surface area (Å²) in [6.45, 7) is 3.53. The van der Waals surface area contributed by atoms with Crippen LogP contribution in [0.3, 0.4) is 0 Å². The molecule has 0 aliphatic heterocycles. The van der Waals surface area contributed by atoms with Crippen molar-refractivity contribution >= 4 is 11.7 Å². The molecule has 5 heteroatoms. The molecule has 0 aliphatic carbocycles. The summed E-state index contributed by atoms with van der Waals surface area (Å²) in [6.07, 6.45) is 0. The van der Waals surface area contributed by atoms with E-state index >= 15 is 0 Å². The number of ketones is 1. The molecule has 0 aromatic heterocycles. The number of carbonyl (C=O) groups excluding carboxylic acids is 2. The third kappa shape index (κ3) is 2.95. The molecule has 5 nitrogen and oxygen atoms in total. The molecule has 1 aromatic carbocycles. The first-order valence-corrected chi connectivity index (χ1v) is 5.35. The van der Waals surface area contributed by atoms with Crippen LogP contribution in [0.15, 0.2) is 36.6 Å². The van der Waals surface area contributed by atoms with Gasteiger partial charge >= 0.3 is 0 Å². The lowest BCUT2D eigenvalue weighted by Crippen LogP contribution is -2.27. The number of Topliss-reactive ketones (excluding diaryl/α,β-unsaturated/α-hetero) is 1. The number of likely N-dealkylation sites (N-methyl/N-ethyl adjacent to an activating group) is 1. The number of amides is 1. The Balaban J connectivity index is 2.99. The lowest BCUT2D eigenvalue weighted by molar-refractivity contribution is -0.120. The van der Waals surface area contributed by atoms with Crippen LogP contribution in [0.4, 0.5) is 0 Å². The summed E-state index contributed by atoms with van der Waals surface area (Å²) in [5.41, 5.74) is 6.26. The van der Waals surface area contributed by atoms with Crippen LogP contribution in [0, 0.1) is 0 Å². The van der Waals surface area contributed by atoms with Crippen molar-refractivity contribution in [1.82, 2.24) is 5.32 Å². The average Bonchev–Trinajstić information content (AvgIpc) is 2.39. The second-order valence-electron chi connectivity index (χ2n) is 3.70. The van der Waals surface area contributed by atoms with Crippen LogP contribution in [0.2, 0.25) is 0 Å². The standard InChI is InChI=1S/C13H16N2O3/c1-8(18-3)12(16)11(15-2)9-4-6-10(7-5-9)13(14)17/h4-7,11,15H,1H2,2-3H3,(H2,14,17). The van der Waals surface area contributed by atoms with Crippen molar-refractivity contribution in [3.8, 4) is 0 Å². The van der Waals surface area contributed by atoms with Crippen molar-refractivity contribution in [2.45, 2.75) is 6.04 Å². The maximum Gasteiger partial charge on any atom is 0.248 e. The first-order chi connectivity index (χ1) is 8.51. The number of hydrogen-bond acceptors (Lipinski definition) is 4. The summed E-state index contributed by atoms with van der Waals surface area (Å²) < 4.78 is 4.82. The van der Waals surface area contributed by atoms with E-state index in [2.05, 4.69) is 11.9 Å². The molecule has 1 amide bonds. The Bertz CT molecular complexity index is 466. The summed E-state index contributed by atoms with van der Waals surface area (Å²) >= 11 is 0. The van der Waals surface area contributed by atoms with Crippen LogP contribution in [-0.4, -0.2) is 25.8 Å². The highest BCUT2D eigenvalue weighted by Crippen LogP contribution is 2.17. The third-order valence-electron chi connectivity index (χ3n) is 2.60. The van der Waals surface area contributed by atoms with Crippen molar-refractivity contribution in [2.75, 3.05) is 14.2 Å². The van der Waals surface area contributed by atoms with Gasteiger partial charge in [0, 0.05) is 5.56 Å². The predicted molar refractivity (Wildman–Crippen MR) is 67.9 cm³/mol. The Kier molecular flexibility index (Phi) is 4.62. The van der Waals surface area contributed by atoms with E-state index in [1.807, 2.05) is 0 Å². The highest BCUT2D eigenvalue weighted by molar-refractivity contribution is 5.98. The summed E-state index contributed by atoms with van der Waals surface area (Å²) in [5.74, 6) is -0.685. The third-order valence-corrected chi connectivity index (χ3v) is 2.60. The van der Waals surface area contributed by atoms with Crippen molar-refractivity contribution < 1.29 is 14.3 Å². The molecule has 0 spiro atoms. The molecule has 0 bridgehead atoms. The Hall–Kier alpha value is -2.14. The first-order valence-electron chi connectivity index (χ1n) is 5.35. The van der Waals surface area contributed by atoms with E-state index in [1.54, 1.807) is 31.3 Å². The van der Waals surface area contributed by atoms with Crippen LogP contribution >= 0.6 is 0 Å². The molecule has 96 valence electrons. The van der Waals surface area contributed by atoms with E-state index in [0.717, 1.165) is 0 Å². The van der Waals surface area contributed by atoms with Crippen LogP contribution in [0.5, 0.6) is 0 Å². The van der Waals surface area contributed by atoms with E-state index in [-0.39, 0.29) is 11.5 Å². The number of benzene rings is 1. The Morgan fingerprint density at radius 3 is 2.28 bits per heavy atom. The Morgan fingerprint density at radius 2 is 1.89 bits per heavy atom. The SMILES string of the molecule is C=C(OC)C(=O)C(NC)c1ccc(C(N)=O)cc1. The van der Waals surface area contributed by atoms with Crippen molar-refractivity contribution in [2.24, 2.45) is 5.73 Å². The smallest absolute Gasteiger partial charge is 0.248 e. The Labute approximate surface area is 106 Å². The molecule has 18 heavy (non-hydrogen) atoms. The molecular formula is C13H16N2O3. The fourth-order valence-electron chi connectivity index (χ4n) is 1.55. The van der Waals surface area contributed by atoms with E-state index in [9.17, 15) is 9.59 Å². The van der Waals surface area contributed by atoms with E-state index in [0.29, 0.717) is 11.1 Å². The quantitative estimate of drug-likeness (QED) is 0.575. The average molecular weight is 248 g/mol. The van der Waals surface area contributed by atoms with Gasteiger partial charge in [0.1, 0.15) is 0 Å². The predicted octanol–water partition coefficient (Wildman–Crippen LogP) is 0.775. The molecule has 1 aromatic rings. The number of rotatable bonds is 6. The lowest BCUT2D eigenvalue weighted by Gasteiger charge is -2.16. The van der Waals surface area contributed by atoms with Gasteiger partial charge in [0.05, 0.1) is 13.2 Å². The van der Waals surface area contributed by atoms with Crippen LogP contribution in [-0.2, 0) is 9.53 Å². The maximum atomic E-state index is 11.9. The van der Waals surface area contributed by atoms with Gasteiger partial charge in [0.25, 0.3) is 0 Å². The summed E-state index contributed by atoms with van der Waals surface area (Å²) in [5, 5.41) is 2.88. The van der Waals surface area contributed by atoms with Gasteiger partial charge < -0.3 is 15.8 Å². The zero-order valence-electron chi connectivity index (χ0n) is 10.4. The molecule has 0 aliphatic rings. The number of nitrogens with one attached hydrogen (secondary N) is 1. The van der Waals surface area contributed by atoms with E-state index in [1.165, 1.54) is 7.11 Å². The summed E-state index contributed by atoms with van der Waals surface area (Å²) in [6, 6.07) is 5.93. The molecule has 1 atom stereocenters. The van der Waals surface area contributed by atoms with Crippen molar-refractivity contribution in [1.29, 1.82) is 0 Å². The van der Waals surface area contributed by atoms with Gasteiger partial charge in [0.15, 0.2) is 5.76 Å². The Morgan fingerprint density at radius 1 is 1.33 bits per heavy atom. The van der Waals surface area contributed by atoms with Gasteiger partial charge in [-0.1, -0.05) is 18.7 Å². The topological polar surface area (TPSA) is 81.4 Å². The lowest BCUT2D eigenvalue weighted by atomic mass is 10.0. The first kappa shape index (κ1) is 13.9. The largest absolute Gasteiger partial charge is 0.494 e. The highest BCUT2D eigenvalue weighted by atomic mass is 16.5. The number of methoxy groups -OCH3 is 1. The fraction of sp³-hybridized carbons (Fsp3) is 0.231. The molecule has 3 N–H and O–H groups in total. The van der Waals surface area contributed by atoms with E-state index < -0.39 is 11.9 Å². The van der Waals surface area contributed by atoms with Gasteiger partial charge in [-0.15, -0.1) is 0 Å². The summed E-state index contributed by atoms with van der Waals surface area (Å²) in [4.78, 5) is 22.9. The van der Waals surface area contributed by atoms with E-state index in [4.69, 9.17) is 10.5 Å². The second kappa shape index (κ2) is 5.97. The second-order valence-corrected chi connectivity index (χ2v) is 3.70. The zero-order valence-corrected chi connectivity index (χ0v) is 10.4. The van der Waals surface area contributed by atoms with Crippen LogP contribution in [0.1, 0.15) is 22.0 Å². The van der Waals surface area contributed by atoms with Gasteiger partial charge in [-0.2, -0.15) is 0 Å². The molecule has 0 fully saturated rings. The zero-order chi connectivity index (χ0) is 13.7. The number of nitrogens with two attached hydrogens (primary N) is 1. The highest BCUT2D eigenvalue weighted by Gasteiger charge is 2.21. The van der Waals surface area contributed by atoms with Crippen LogP contribution < -0.4 is 11.1 Å². The molecule has 0 radical (unpaired) electrons. The molecule has 1 rings (SSSR count). The maximum absolute atomic E-state index is 11.9. The number of carbonyl (C=O) groups is 2. The van der Waals surface area contributed by atoms with Crippen molar-refractivity contribution in [3.05, 3.63) is 47.7 Å². The summed E-state index contributed by atoms with van der Waals surface area (Å²) in [7, 11) is 3.05. The normalized spacial score (nSPS) is 11.7. The minimum Gasteiger partial charge on any atom is -0.494 e. The van der Waals surface area contributed by atoms with Gasteiger partial charge in [-0.25, -0.2) is 0 Å². The number of primary amides is 1. The monoisotopic (exact) mass is 248 g/mol. The molecule has 0 saturated heterocycles. The van der Waals surface area contributed by atoms with Gasteiger partial charge in [-0.3, -0.25) is 9.59 Å². The molecule has 0 heterocycles. The molecule has 0 saturated carbocycles. The minimum absolute atomic E-state index is 0.0772. The number of ether oxygens (including phenoxy) is 1. The van der Waals surface area contributed by atoms with Crippen molar-refractivity contribution in [3.63, 3.8) is 0 Å². The molecule has 1 unspecified atom stereocenters. The van der Waals surface area contributed by atoms with Gasteiger partial charge in [0.2, 0.25) is 11.7 Å². The fourth-order valence-corrected chi connectivity index (χ4v) is 1.55. The van der Waals surface area contributed by atoms with Gasteiger partial charge in [-0.05, 0) is 24.7 Å². The molecular weight excluding hydrogens is 232 g/mol. The minimum atomic E-state index is -0.556.